The lowest BCUT2D eigenvalue weighted by Crippen LogP contribution is -2.12. The fourth-order valence-electron chi connectivity index (χ4n) is 2.40. The van der Waals surface area contributed by atoms with Crippen LogP contribution in [-0.2, 0) is 0 Å². The third-order valence-electron chi connectivity index (χ3n) is 3.61. The standard InChI is InChI=1S/C20H18BrN3OS/c1-3-11-22-20-24(23-13-16-7-4-5-10-19(16)25-2)18(14-26-20)15-8-6-9-17(21)12-15/h3-10,12-14H,1,11H2,2H3. The SMILES string of the molecule is C=CCN=c1scc(-c2cccc(Br)c2)n1N=Cc1ccccc1OC. The van der Waals surface area contributed by atoms with Gasteiger partial charge in [-0.15, -0.1) is 17.9 Å². The zero-order valence-electron chi connectivity index (χ0n) is 14.3. The summed E-state index contributed by atoms with van der Waals surface area (Å²) in [6.45, 7) is 4.28. The normalized spacial score (nSPS) is 11.8. The second-order valence-electron chi connectivity index (χ2n) is 5.34. The van der Waals surface area contributed by atoms with E-state index in [0.717, 1.165) is 31.8 Å². The molecule has 132 valence electrons. The first-order valence-corrected chi connectivity index (χ1v) is 9.65. The summed E-state index contributed by atoms with van der Waals surface area (Å²) >= 11 is 5.08. The fourth-order valence-corrected chi connectivity index (χ4v) is 3.65. The van der Waals surface area contributed by atoms with Gasteiger partial charge in [0.1, 0.15) is 5.75 Å². The first-order chi connectivity index (χ1) is 12.7. The van der Waals surface area contributed by atoms with Crippen LogP contribution in [-0.4, -0.2) is 24.5 Å². The van der Waals surface area contributed by atoms with Gasteiger partial charge in [-0.3, -0.25) is 4.99 Å². The first-order valence-electron chi connectivity index (χ1n) is 7.98. The van der Waals surface area contributed by atoms with Gasteiger partial charge >= 0.3 is 0 Å². The molecular formula is C20H18BrN3OS. The van der Waals surface area contributed by atoms with Crippen molar-refractivity contribution in [3.8, 4) is 17.0 Å². The van der Waals surface area contributed by atoms with Crippen LogP contribution in [0, 0.1) is 0 Å². The number of ether oxygens (including phenoxy) is 1. The van der Waals surface area contributed by atoms with E-state index in [1.54, 1.807) is 30.7 Å². The molecule has 0 N–H and O–H groups in total. The van der Waals surface area contributed by atoms with Gasteiger partial charge in [-0.05, 0) is 24.3 Å². The van der Waals surface area contributed by atoms with E-state index in [1.165, 1.54) is 0 Å². The van der Waals surface area contributed by atoms with Crippen molar-refractivity contribution in [1.29, 1.82) is 0 Å². The zero-order valence-corrected chi connectivity index (χ0v) is 16.7. The Morgan fingerprint density at radius 1 is 1.23 bits per heavy atom. The van der Waals surface area contributed by atoms with E-state index >= 15 is 0 Å². The van der Waals surface area contributed by atoms with Gasteiger partial charge in [0.15, 0.2) is 0 Å². The van der Waals surface area contributed by atoms with E-state index in [9.17, 15) is 0 Å². The average molecular weight is 428 g/mol. The van der Waals surface area contributed by atoms with Crippen molar-refractivity contribution in [3.05, 3.63) is 81.4 Å². The predicted molar refractivity (Wildman–Crippen MR) is 112 cm³/mol. The minimum absolute atomic E-state index is 0.544. The van der Waals surface area contributed by atoms with Gasteiger partial charge in [0.2, 0.25) is 4.80 Å². The van der Waals surface area contributed by atoms with Crippen molar-refractivity contribution in [2.24, 2.45) is 10.1 Å². The summed E-state index contributed by atoms with van der Waals surface area (Å²) in [6.07, 6.45) is 3.56. The molecule has 0 aliphatic rings. The molecule has 2 aromatic carbocycles. The number of thiazole rings is 1. The summed E-state index contributed by atoms with van der Waals surface area (Å²) in [6, 6.07) is 15.9. The summed E-state index contributed by atoms with van der Waals surface area (Å²) in [5.41, 5.74) is 2.95. The fraction of sp³-hybridized carbons (Fsp3) is 0.100. The Morgan fingerprint density at radius 3 is 2.85 bits per heavy atom. The smallest absolute Gasteiger partial charge is 0.206 e. The van der Waals surface area contributed by atoms with Gasteiger partial charge in [-0.1, -0.05) is 46.3 Å². The highest BCUT2D eigenvalue weighted by atomic mass is 79.9. The molecule has 1 aromatic heterocycles. The lowest BCUT2D eigenvalue weighted by atomic mass is 10.2. The van der Waals surface area contributed by atoms with Crippen molar-refractivity contribution in [2.75, 3.05) is 13.7 Å². The van der Waals surface area contributed by atoms with E-state index in [-0.39, 0.29) is 0 Å². The van der Waals surface area contributed by atoms with E-state index < -0.39 is 0 Å². The lowest BCUT2D eigenvalue weighted by molar-refractivity contribution is 0.414. The number of nitrogens with zero attached hydrogens (tertiary/aromatic N) is 3. The van der Waals surface area contributed by atoms with Crippen LogP contribution in [0.15, 0.2) is 81.1 Å². The molecule has 6 heteroatoms. The number of hydrogen-bond acceptors (Lipinski definition) is 4. The molecule has 4 nitrogen and oxygen atoms in total. The molecule has 0 spiro atoms. The third kappa shape index (κ3) is 4.20. The van der Waals surface area contributed by atoms with Crippen LogP contribution in [0.5, 0.6) is 5.75 Å². The molecule has 0 atom stereocenters. The number of aromatic nitrogens is 1. The highest BCUT2D eigenvalue weighted by Crippen LogP contribution is 2.24. The molecule has 0 saturated heterocycles. The number of hydrogen-bond donors (Lipinski definition) is 0. The summed E-state index contributed by atoms with van der Waals surface area (Å²) < 4.78 is 8.27. The molecule has 0 unspecified atom stereocenters. The Kier molecular flexibility index (Phi) is 6.20. The van der Waals surface area contributed by atoms with Crippen LogP contribution in [0.1, 0.15) is 5.56 Å². The molecule has 0 aliphatic carbocycles. The van der Waals surface area contributed by atoms with Crippen LogP contribution >= 0.6 is 27.3 Å². The number of rotatable bonds is 6. The molecule has 26 heavy (non-hydrogen) atoms. The van der Waals surface area contributed by atoms with E-state index in [4.69, 9.17) is 4.74 Å². The second-order valence-corrected chi connectivity index (χ2v) is 7.09. The molecule has 0 amide bonds. The Morgan fingerprint density at radius 2 is 2.08 bits per heavy atom. The number of methoxy groups -OCH3 is 1. The van der Waals surface area contributed by atoms with Crippen molar-refractivity contribution in [2.45, 2.75) is 0 Å². The molecule has 0 bridgehead atoms. The molecule has 0 aliphatic heterocycles. The van der Waals surface area contributed by atoms with E-state index in [0.29, 0.717) is 6.54 Å². The quantitative estimate of drug-likeness (QED) is 0.404. The van der Waals surface area contributed by atoms with E-state index in [1.807, 2.05) is 41.1 Å². The molecular weight excluding hydrogens is 410 g/mol. The third-order valence-corrected chi connectivity index (χ3v) is 4.96. The van der Waals surface area contributed by atoms with Crippen LogP contribution in [0.25, 0.3) is 11.3 Å². The maximum absolute atomic E-state index is 5.40. The Labute approximate surface area is 164 Å². The van der Waals surface area contributed by atoms with Crippen molar-refractivity contribution in [3.63, 3.8) is 0 Å². The maximum atomic E-state index is 5.40. The van der Waals surface area contributed by atoms with Gasteiger partial charge in [0.05, 0.1) is 25.6 Å². The number of benzene rings is 2. The minimum atomic E-state index is 0.544. The van der Waals surface area contributed by atoms with E-state index in [2.05, 4.69) is 50.1 Å². The van der Waals surface area contributed by atoms with Crippen molar-refractivity contribution >= 4 is 33.5 Å². The summed E-state index contributed by atoms with van der Waals surface area (Å²) in [7, 11) is 1.65. The monoisotopic (exact) mass is 427 g/mol. The second kappa shape index (κ2) is 8.78. The summed E-state index contributed by atoms with van der Waals surface area (Å²) in [5, 5.41) is 6.74. The van der Waals surface area contributed by atoms with Crippen molar-refractivity contribution < 1.29 is 4.74 Å². The zero-order chi connectivity index (χ0) is 18.4. The average Bonchev–Trinajstić information content (AvgIpc) is 3.07. The number of para-hydroxylation sites is 1. The summed E-state index contributed by atoms with van der Waals surface area (Å²) in [4.78, 5) is 5.37. The minimum Gasteiger partial charge on any atom is -0.496 e. The van der Waals surface area contributed by atoms with Gasteiger partial charge in [-0.2, -0.15) is 5.10 Å². The van der Waals surface area contributed by atoms with Crippen LogP contribution in [0.2, 0.25) is 0 Å². The van der Waals surface area contributed by atoms with Crippen molar-refractivity contribution in [1.82, 2.24) is 4.68 Å². The summed E-state index contributed by atoms with van der Waals surface area (Å²) in [5.74, 6) is 0.778. The Balaban J connectivity index is 2.10. The lowest BCUT2D eigenvalue weighted by Gasteiger charge is -2.06. The first kappa shape index (κ1) is 18.4. The number of halogens is 1. The Bertz CT molecular complexity index is 1000. The highest BCUT2D eigenvalue weighted by molar-refractivity contribution is 9.10. The Hall–Kier alpha value is -2.44. The molecule has 0 fully saturated rings. The van der Waals surface area contributed by atoms with Gasteiger partial charge in [0.25, 0.3) is 0 Å². The van der Waals surface area contributed by atoms with Gasteiger partial charge in [-0.25, -0.2) is 4.68 Å². The van der Waals surface area contributed by atoms with Gasteiger partial charge in [0, 0.05) is 21.0 Å². The molecule has 1 heterocycles. The molecule has 3 rings (SSSR count). The van der Waals surface area contributed by atoms with Gasteiger partial charge < -0.3 is 4.74 Å². The largest absolute Gasteiger partial charge is 0.496 e. The van der Waals surface area contributed by atoms with Crippen LogP contribution < -0.4 is 9.54 Å². The maximum Gasteiger partial charge on any atom is 0.206 e. The molecule has 0 radical (unpaired) electrons. The van der Waals surface area contributed by atoms with Crippen LogP contribution in [0.4, 0.5) is 0 Å². The molecule has 0 saturated carbocycles. The highest BCUT2D eigenvalue weighted by Gasteiger charge is 2.08. The topological polar surface area (TPSA) is 38.9 Å². The molecule has 3 aromatic rings. The predicted octanol–water partition coefficient (Wildman–Crippen LogP) is 4.96. The van der Waals surface area contributed by atoms with Crippen LogP contribution in [0.3, 0.4) is 0 Å².